The Balaban J connectivity index is 1.93. The van der Waals surface area contributed by atoms with Gasteiger partial charge < -0.3 is 16.4 Å². The Morgan fingerprint density at radius 3 is 2.38 bits per heavy atom. The van der Waals surface area contributed by atoms with Gasteiger partial charge in [-0.15, -0.1) is 0 Å². The zero-order valence-corrected chi connectivity index (χ0v) is 17.3. The van der Waals surface area contributed by atoms with E-state index in [1.54, 1.807) is 6.07 Å². The first-order valence-electron chi connectivity index (χ1n) is 8.46. The number of hydrogen-bond acceptors (Lipinski definition) is 9. The van der Waals surface area contributed by atoms with Crippen molar-refractivity contribution in [2.75, 3.05) is 26.9 Å². The number of amides is 1. The van der Waals surface area contributed by atoms with Crippen molar-refractivity contribution in [2.24, 2.45) is 5.73 Å². The van der Waals surface area contributed by atoms with Crippen molar-refractivity contribution < 1.29 is 21.6 Å². The van der Waals surface area contributed by atoms with Crippen molar-refractivity contribution >= 4 is 49.1 Å². The Bertz CT molecular complexity index is 1130. The number of primary amides is 1. The van der Waals surface area contributed by atoms with Gasteiger partial charge in [-0.2, -0.15) is 8.69 Å². The van der Waals surface area contributed by atoms with Gasteiger partial charge in [0.15, 0.2) is 0 Å². The maximum Gasteiger partial charge on any atom is 0.254 e. The second-order valence-corrected chi connectivity index (χ2v) is 10.5. The maximum absolute atomic E-state index is 12.0. The number of carbonyl (C=O) groups excluding carboxylic acids is 1. The molecule has 1 heterocycles. The Hall–Kier alpha value is -2.93. The van der Waals surface area contributed by atoms with Crippen LogP contribution in [0.25, 0.3) is 0 Å². The van der Waals surface area contributed by atoms with Crippen molar-refractivity contribution in [3.05, 3.63) is 36.0 Å². The SMILES string of the molecule is CS(=O)(=O)N(c1cccc(Nc2ncc(C(N)=O)c(NC3CC3)n2)c1)S(C)(=O)=O. The Labute approximate surface area is 168 Å². The van der Waals surface area contributed by atoms with E-state index in [-0.39, 0.29) is 23.2 Å². The van der Waals surface area contributed by atoms with Crippen LogP contribution in [0.5, 0.6) is 0 Å². The van der Waals surface area contributed by atoms with Crippen molar-refractivity contribution in [1.29, 1.82) is 0 Å². The van der Waals surface area contributed by atoms with Crippen LogP contribution in [-0.2, 0) is 20.0 Å². The summed E-state index contributed by atoms with van der Waals surface area (Å²) >= 11 is 0. The smallest absolute Gasteiger partial charge is 0.254 e. The number of aromatic nitrogens is 2. The summed E-state index contributed by atoms with van der Waals surface area (Å²) in [5.74, 6) is -0.248. The quantitative estimate of drug-likeness (QED) is 0.533. The van der Waals surface area contributed by atoms with Crippen LogP contribution in [0.1, 0.15) is 23.2 Å². The van der Waals surface area contributed by atoms with Gasteiger partial charge in [0.05, 0.1) is 23.8 Å². The minimum atomic E-state index is -4.07. The van der Waals surface area contributed by atoms with Gasteiger partial charge in [0.25, 0.3) is 5.91 Å². The molecule has 1 aromatic heterocycles. The van der Waals surface area contributed by atoms with Crippen LogP contribution >= 0.6 is 0 Å². The number of anilines is 4. The van der Waals surface area contributed by atoms with Crippen molar-refractivity contribution in [3.63, 3.8) is 0 Å². The van der Waals surface area contributed by atoms with Crippen LogP contribution in [0.4, 0.5) is 23.1 Å². The van der Waals surface area contributed by atoms with Crippen LogP contribution in [-0.4, -0.2) is 51.3 Å². The molecule has 0 radical (unpaired) electrons. The number of hydrogen-bond donors (Lipinski definition) is 3. The number of benzene rings is 1. The van der Waals surface area contributed by atoms with Gasteiger partial charge in [0.2, 0.25) is 26.0 Å². The normalized spacial score (nSPS) is 14.3. The van der Waals surface area contributed by atoms with Crippen LogP contribution in [0.15, 0.2) is 30.5 Å². The molecule has 2 aromatic rings. The summed E-state index contributed by atoms with van der Waals surface area (Å²) in [6, 6.07) is 5.98. The average molecular weight is 441 g/mol. The third kappa shape index (κ3) is 5.12. The summed E-state index contributed by atoms with van der Waals surface area (Å²) in [4.78, 5) is 19.9. The Kier molecular flexibility index (Phi) is 5.36. The summed E-state index contributed by atoms with van der Waals surface area (Å²) in [6.07, 6.45) is 4.80. The molecular weight excluding hydrogens is 420 g/mol. The molecule has 1 aliphatic rings. The topological polar surface area (TPSA) is 164 Å². The second-order valence-electron chi connectivity index (χ2n) is 6.64. The van der Waals surface area contributed by atoms with E-state index in [0.717, 1.165) is 25.4 Å². The van der Waals surface area contributed by atoms with Gasteiger partial charge in [-0.05, 0) is 31.0 Å². The van der Waals surface area contributed by atoms with E-state index in [4.69, 9.17) is 5.73 Å². The number of nitrogens with one attached hydrogen (secondary N) is 2. The Morgan fingerprint density at radius 2 is 1.83 bits per heavy atom. The van der Waals surface area contributed by atoms with Gasteiger partial charge in [-0.3, -0.25) is 4.79 Å². The lowest BCUT2D eigenvalue weighted by Crippen LogP contribution is -2.35. The predicted molar refractivity (Wildman–Crippen MR) is 109 cm³/mol. The predicted octanol–water partition coefficient (Wildman–Crippen LogP) is 0.619. The van der Waals surface area contributed by atoms with E-state index >= 15 is 0 Å². The second kappa shape index (κ2) is 7.48. The van der Waals surface area contributed by atoms with Crippen LogP contribution in [0.2, 0.25) is 0 Å². The van der Waals surface area contributed by atoms with Crippen molar-refractivity contribution in [2.45, 2.75) is 18.9 Å². The van der Waals surface area contributed by atoms with E-state index in [0.29, 0.717) is 15.2 Å². The fourth-order valence-corrected chi connectivity index (χ4v) is 5.57. The number of nitrogens with zero attached hydrogens (tertiary/aromatic N) is 3. The number of sulfonamides is 2. The summed E-state index contributed by atoms with van der Waals surface area (Å²) < 4.78 is 48.1. The highest BCUT2D eigenvalue weighted by atomic mass is 32.3. The molecule has 1 fully saturated rings. The van der Waals surface area contributed by atoms with Gasteiger partial charge in [-0.1, -0.05) is 6.07 Å². The van der Waals surface area contributed by atoms with Crippen LogP contribution < -0.4 is 20.1 Å². The lowest BCUT2D eigenvalue weighted by Gasteiger charge is -2.20. The minimum Gasteiger partial charge on any atom is -0.367 e. The average Bonchev–Trinajstić information content (AvgIpc) is 3.36. The first-order valence-corrected chi connectivity index (χ1v) is 12.2. The molecular formula is C16H20N6O5S2. The molecule has 1 aliphatic carbocycles. The summed E-state index contributed by atoms with van der Waals surface area (Å²) in [7, 11) is -8.14. The summed E-state index contributed by atoms with van der Waals surface area (Å²) in [5, 5.41) is 5.97. The van der Waals surface area contributed by atoms with E-state index in [1.165, 1.54) is 24.4 Å². The molecule has 0 aliphatic heterocycles. The van der Waals surface area contributed by atoms with Gasteiger partial charge in [-0.25, -0.2) is 21.8 Å². The third-order valence-electron chi connectivity index (χ3n) is 3.89. The lowest BCUT2D eigenvalue weighted by atomic mass is 10.3. The number of nitrogens with two attached hydrogens (primary N) is 1. The maximum atomic E-state index is 12.0. The highest BCUT2D eigenvalue weighted by molar-refractivity contribution is 8.09. The molecule has 156 valence electrons. The highest BCUT2D eigenvalue weighted by Crippen LogP contribution is 2.28. The van der Waals surface area contributed by atoms with E-state index in [1.807, 2.05) is 0 Å². The molecule has 1 aromatic carbocycles. The molecule has 3 rings (SSSR count). The molecule has 0 bridgehead atoms. The zero-order chi connectivity index (χ0) is 21.4. The number of rotatable bonds is 8. The van der Waals surface area contributed by atoms with Crippen LogP contribution in [0, 0.1) is 0 Å². The monoisotopic (exact) mass is 440 g/mol. The van der Waals surface area contributed by atoms with Crippen molar-refractivity contribution in [3.8, 4) is 0 Å². The standard InChI is InChI=1S/C16H20N6O5S2/c1-28(24,25)22(29(2,26)27)12-5-3-4-11(8-12)20-16-18-9-13(14(17)23)15(21-16)19-10-6-7-10/h3-5,8-10H,6-7H2,1-2H3,(H2,17,23)(H2,18,19,20,21). The zero-order valence-electron chi connectivity index (χ0n) is 15.7. The fraction of sp³-hybridized carbons (Fsp3) is 0.312. The molecule has 4 N–H and O–H groups in total. The largest absolute Gasteiger partial charge is 0.367 e. The minimum absolute atomic E-state index is 0.0647. The molecule has 0 spiro atoms. The lowest BCUT2D eigenvalue weighted by molar-refractivity contribution is 0.100. The molecule has 1 amide bonds. The Morgan fingerprint density at radius 1 is 1.17 bits per heavy atom. The summed E-state index contributed by atoms with van der Waals surface area (Å²) in [5.41, 5.74) is 5.79. The highest BCUT2D eigenvalue weighted by Gasteiger charge is 2.27. The van der Waals surface area contributed by atoms with Crippen LogP contribution in [0.3, 0.4) is 0 Å². The molecule has 29 heavy (non-hydrogen) atoms. The first kappa shape index (κ1) is 20.8. The fourth-order valence-electron chi connectivity index (χ4n) is 2.61. The molecule has 11 nitrogen and oxygen atoms in total. The number of carbonyl (C=O) groups is 1. The first-order chi connectivity index (χ1) is 13.4. The summed E-state index contributed by atoms with van der Waals surface area (Å²) in [6.45, 7) is 0. The molecule has 1 saturated carbocycles. The van der Waals surface area contributed by atoms with Gasteiger partial charge in [0, 0.05) is 17.9 Å². The van der Waals surface area contributed by atoms with E-state index < -0.39 is 26.0 Å². The molecule has 0 atom stereocenters. The van der Waals surface area contributed by atoms with Crippen molar-refractivity contribution in [1.82, 2.24) is 9.97 Å². The van der Waals surface area contributed by atoms with E-state index in [2.05, 4.69) is 20.6 Å². The molecule has 13 heteroatoms. The third-order valence-corrected chi connectivity index (χ3v) is 7.14. The van der Waals surface area contributed by atoms with Gasteiger partial charge >= 0.3 is 0 Å². The molecule has 0 unspecified atom stereocenters. The molecule has 0 saturated heterocycles. The van der Waals surface area contributed by atoms with E-state index in [9.17, 15) is 21.6 Å². The van der Waals surface area contributed by atoms with Gasteiger partial charge in [0.1, 0.15) is 5.82 Å².